The van der Waals surface area contributed by atoms with Crippen LogP contribution >= 0.6 is 0 Å². The molecule has 0 aromatic rings. The summed E-state index contributed by atoms with van der Waals surface area (Å²) < 4.78 is 29.4. The summed E-state index contributed by atoms with van der Waals surface area (Å²) in [6.07, 6.45) is 0.873. The van der Waals surface area contributed by atoms with E-state index in [1.165, 1.54) is 7.05 Å². The number of likely N-dealkylation sites (N-methyl/N-ethyl adjacent to an activating group) is 1. The van der Waals surface area contributed by atoms with Crippen LogP contribution in [0.15, 0.2) is 0 Å². The molecule has 0 radical (unpaired) electrons. The number of sulfonamides is 1. The molecule has 0 bridgehead atoms. The van der Waals surface area contributed by atoms with Crippen molar-refractivity contribution in [1.82, 2.24) is 4.31 Å². The molecular weight excluding hydrogens is 234 g/mol. The van der Waals surface area contributed by atoms with Gasteiger partial charge in [-0.2, -0.15) is 0 Å². The third-order valence-corrected chi connectivity index (χ3v) is 4.54. The van der Waals surface area contributed by atoms with Gasteiger partial charge in [-0.1, -0.05) is 0 Å². The fraction of sp³-hybridized carbons (Fsp3) is 1.00. The standard InChI is InChI=1S/C9H19NO5S/c1-10(16(13,14)7-4-11)8-9(12)2-5-15-6-3-9/h11-12H,2-8H2,1H3. The Kier molecular flexibility index (Phi) is 4.69. The molecule has 2 N–H and O–H groups in total. The Hall–Kier alpha value is -0.210. The van der Waals surface area contributed by atoms with E-state index in [4.69, 9.17) is 9.84 Å². The highest BCUT2D eigenvalue weighted by atomic mass is 32.2. The maximum absolute atomic E-state index is 11.6. The third kappa shape index (κ3) is 3.67. The monoisotopic (exact) mass is 253 g/mol. The van der Waals surface area contributed by atoms with Crippen LogP contribution in [-0.2, 0) is 14.8 Å². The molecule has 1 aliphatic rings. The summed E-state index contributed by atoms with van der Waals surface area (Å²) in [5, 5.41) is 18.8. The van der Waals surface area contributed by atoms with Crippen molar-refractivity contribution < 1.29 is 23.4 Å². The lowest BCUT2D eigenvalue weighted by molar-refractivity contribution is -0.0689. The lowest BCUT2D eigenvalue weighted by Gasteiger charge is -2.34. The summed E-state index contributed by atoms with van der Waals surface area (Å²) in [5.74, 6) is -0.309. The van der Waals surface area contributed by atoms with Gasteiger partial charge in [0.15, 0.2) is 0 Å². The molecule has 0 atom stereocenters. The molecule has 16 heavy (non-hydrogen) atoms. The fourth-order valence-corrected chi connectivity index (χ4v) is 2.67. The summed E-state index contributed by atoms with van der Waals surface area (Å²) in [6, 6.07) is 0. The van der Waals surface area contributed by atoms with E-state index in [-0.39, 0.29) is 12.3 Å². The predicted molar refractivity (Wildman–Crippen MR) is 58.5 cm³/mol. The molecule has 96 valence electrons. The summed E-state index contributed by atoms with van der Waals surface area (Å²) in [5.41, 5.74) is -1.00. The van der Waals surface area contributed by atoms with Gasteiger partial charge in [-0.25, -0.2) is 12.7 Å². The van der Waals surface area contributed by atoms with Crippen LogP contribution < -0.4 is 0 Å². The van der Waals surface area contributed by atoms with Crippen molar-refractivity contribution in [1.29, 1.82) is 0 Å². The molecule has 0 amide bonds. The first-order chi connectivity index (χ1) is 7.40. The van der Waals surface area contributed by atoms with Gasteiger partial charge >= 0.3 is 0 Å². The van der Waals surface area contributed by atoms with E-state index < -0.39 is 22.2 Å². The van der Waals surface area contributed by atoms with Crippen LogP contribution in [0.4, 0.5) is 0 Å². The Balaban J connectivity index is 2.59. The van der Waals surface area contributed by atoms with Crippen LogP contribution in [0.3, 0.4) is 0 Å². The first kappa shape index (κ1) is 13.9. The summed E-state index contributed by atoms with van der Waals surface area (Å²) in [4.78, 5) is 0. The Bertz CT molecular complexity index is 310. The zero-order chi connectivity index (χ0) is 12.2. The second-order valence-electron chi connectivity index (χ2n) is 4.13. The molecule has 0 unspecified atom stereocenters. The summed E-state index contributed by atoms with van der Waals surface area (Å²) >= 11 is 0. The molecule has 1 heterocycles. The van der Waals surface area contributed by atoms with E-state index in [0.717, 1.165) is 4.31 Å². The average Bonchev–Trinajstić information content (AvgIpc) is 2.17. The molecule has 0 saturated carbocycles. The molecule has 1 aliphatic heterocycles. The molecule has 0 spiro atoms. The summed E-state index contributed by atoms with van der Waals surface area (Å²) in [7, 11) is -2.05. The average molecular weight is 253 g/mol. The maximum Gasteiger partial charge on any atom is 0.216 e. The van der Waals surface area contributed by atoms with Crippen LogP contribution in [0, 0.1) is 0 Å². The number of hydrogen-bond acceptors (Lipinski definition) is 5. The highest BCUT2D eigenvalue weighted by molar-refractivity contribution is 7.89. The van der Waals surface area contributed by atoms with Crippen LogP contribution in [0.2, 0.25) is 0 Å². The van der Waals surface area contributed by atoms with Crippen LogP contribution in [-0.4, -0.2) is 67.7 Å². The first-order valence-corrected chi connectivity index (χ1v) is 6.86. The fourth-order valence-electron chi connectivity index (χ4n) is 1.69. The minimum Gasteiger partial charge on any atom is -0.395 e. The largest absolute Gasteiger partial charge is 0.395 e. The van der Waals surface area contributed by atoms with E-state index in [1.54, 1.807) is 0 Å². The Morgan fingerprint density at radius 2 is 1.94 bits per heavy atom. The second-order valence-corrected chi connectivity index (χ2v) is 6.33. The van der Waals surface area contributed by atoms with E-state index in [1.807, 2.05) is 0 Å². The Morgan fingerprint density at radius 3 is 2.44 bits per heavy atom. The topological polar surface area (TPSA) is 87.1 Å². The molecule has 0 aliphatic carbocycles. The van der Waals surface area contributed by atoms with E-state index >= 15 is 0 Å². The van der Waals surface area contributed by atoms with Crippen molar-refractivity contribution in [2.24, 2.45) is 0 Å². The molecule has 7 heteroatoms. The lowest BCUT2D eigenvalue weighted by atomic mass is 9.95. The third-order valence-electron chi connectivity index (χ3n) is 2.76. The van der Waals surface area contributed by atoms with Gasteiger partial charge in [-0.15, -0.1) is 0 Å². The molecular formula is C9H19NO5S. The molecule has 1 fully saturated rings. The smallest absolute Gasteiger partial charge is 0.216 e. The van der Waals surface area contributed by atoms with Crippen LogP contribution in [0.5, 0.6) is 0 Å². The van der Waals surface area contributed by atoms with Crippen molar-refractivity contribution >= 4 is 10.0 Å². The first-order valence-electron chi connectivity index (χ1n) is 5.25. The number of hydrogen-bond donors (Lipinski definition) is 2. The van der Waals surface area contributed by atoms with Gasteiger partial charge < -0.3 is 14.9 Å². The lowest BCUT2D eigenvalue weighted by Crippen LogP contribution is -2.47. The van der Waals surface area contributed by atoms with Crippen molar-refractivity contribution in [2.75, 3.05) is 39.2 Å². The van der Waals surface area contributed by atoms with Crippen molar-refractivity contribution in [3.63, 3.8) is 0 Å². The van der Waals surface area contributed by atoms with Crippen molar-refractivity contribution in [3.05, 3.63) is 0 Å². The number of ether oxygens (including phenoxy) is 1. The second kappa shape index (κ2) is 5.42. The molecule has 0 aromatic heterocycles. The highest BCUT2D eigenvalue weighted by Crippen LogP contribution is 2.22. The van der Waals surface area contributed by atoms with E-state index in [2.05, 4.69) is 0 Å². The number of aliphatic hydroxyl groups is 2. The van der Waals surface area contributed by atoms with E-state index in [0.29, 0.717) is 26.1 Å². The Labute approximate surface area is 95.9 Å². The minimum atomic E-state index is -3.47. The highest BCUT2D eigenvalue weighted by Gasteiger charge is 2.34. The maximum atomic E-state index is 11.6. The normalized spacial score (nSPS) is 21.2. The van der Waals surface area contributed by atoms with Gasteiger partial charge in [0.1, 0.15) is 0 Å². The Morgan fingerprint density at radius 1 is 1.38 bits per heavy atom. The zero-order valence-corrected chi connectivity index (χ0v) is 10.2. The van der Waals surface area contributed by atoms with Gasteiger partial charge in [0.25, 0.3) is 0 Å². The van der Waals surface area contributed by atoms with Gasteiger partial charge in [-0.05, 0) is 0 Å². The number of rotatable bonds is 5. The minimum absolute atomic E-state index is 0.0543. The SMILES string of the molecule is CN(CC1(O)CCOCC1)S(=O)(=O)CCO. The van der Waals surface area contributed by atoms with Gasteiger partial charge in [0.05, 0.1) is 18.0 Å². The van der Waals surface area contributed by atoms with E-state index in [9.17, 15) is 13.5 Å². The van der Waals surface area contributed by atoms with Crippen molar-refractivity contribution in [3.8, 4) is 0 Å². The van der Waals surface area contributed by atoms with Gasteiger partial charge in [-0.3, -0.25) is 0 Å². The van der Waals surface area contributed by atoms with Crippen LogP contribution in [0.1, 0.15) is 12.8 Å². The predicted octanol–water partition coefficient (Wildman–Crippen LogP) is -1.22. The quantitative estimate of drug-likeness (QED) is 0.641. The zero-order valence-electron chi connectivity index (χ0n) is 9.42. The molecule has 0 aromatic carbocycles. The number of nitrogens with zero attached hydrogens (tertiary/aromatic N) is 1. The number of aliphatic hydroxyl groups excluding tert-OH is 1. The molecule has 6 nitrogen and oxygen atoms in total. The molecule has 1 saturated heterocycles. The van der Waals surface area contributed by atoms with Gasteiger partial charge in [0, 0.05) is 39.6 Å². The summed E-state index contributed by atoms with van der Waals surface area (Å²) in [6.45, 7) is 0.543. The van der Waals surface area contributed by atoms with Gasteiger partial charge in [0.2, 0.25) is 10.0 Å². The molecule has 1 rings (SSSR count). The van der Waals surface area contributed by atoms with Crippen LogP contribution in [0.25, 0.3) is 0 Å². The van der Waals surface area contributed by atoms with Crippen molar-refractivity contribution in [2.45, 2.75) is 18.4 Å².